The minimum atomic E-state index is -0.197. The lowest BCUT2D eigenvalue weighted by atomic mass is 10.1. The highest BCUT2D eigenvalue weighted by atomic mass is 35.5. The normalized spacial score (nSPS) is 10.6. The summed E-state index contributed by atoms with van der Waals surface area (Å²) < 4.78 is 0. The lowest BCUT2D eigenvalue weighted by Crippen LogP contribution is -2.37. The van der Waals surface area contributed by atoms with E-state index in [2.05, 4.69) is 24.5 Å². The maximum atomic E-state index is 11.8. The van der Waals surface area contributed by atoms with E-state index < -0.39 is 0 Å². The molecule has 0 saturated carbocycles. The molecule has 1 rings (SSSR count). The zero-order chi connectivity index (χ0) is 13.7. The molecule has 0 heterocycles. The third kappa shape index (κ3) is 3.91. The van der Waals surface area contributed by atoms with Crippen molar-refractivity contribution in [1.29, 1.82) is 0 Å². The molecule has 0 spiro atoms. The minimum Gasteiger partial charge on any atom is -0.335 e. The van der Waals surface area contributed by atoms with Crippen LogP contribution in [0, 0.1) is 13.8 Å². The standard InChI is InChI=1S/C14H21ClN2O/c1-5-11(6-2)16-14(18)17-13-10(4)7-9(3)8-12(13)15/h7-8,11H,5-6H2,1-4H3,(H2,16,17,18). The summed E-state index contributed by atoms with van der Waals surface area (Å²) >= 11 is 6.14. The van der Waals surface area contributed by atoms with Gasteiger partial charge in [-0.05, 0) is 43.9 Å². The number of halogens is 1. The fourth-order valence-electron chi connectivity index (χ4n) is 1.90. The van der Waals surface area contributed by atoms with Crippen LogP contribution in [0.2, 0.25) is 5.02 Å². The van der Waals surface area contributed by atoms with Gasteiger partial charge in [-0.15, -0.1) is 0 Å². The van der Waals surface area contributed by atoms with Crippen LogP contribution in [0.3, 0.4) is 0 Å². The first-order chi connectivity index (χ1) is 8.47. The van der Waals surface area contributed by atoms with Crippen molar-refractivity contribution in [3.05, 3.63) is 28.3 Å². The lowest BCUT2D eigenvalue weighted by molar-refractivity contribution is 0.247. The molecule has 0 bridgehead atoms. The Labute approximate surface area is 114 Å². The molecule has 0 aliphatic rings. The highest BCUT2D eigenvalue weighted by Gasteiger charge is 2.11. The van der Waals surface area contributed by atoms with E-state index in [4.69, 9.17) is 11.6 Å². The third-order valence-electron chi connectivity index (χ3n) is 2.99. The van der Waals surface area contributed by atoms with Crippen LogP contribution in [0.25, 0.3) is 0 Å². The van der Waals surface area contributed by atoms with Crippen LogP contribution < -0.4 is 10.6 Å². The Hall–Kier alpha value is -1.22. The zero-order valence-corrected chi connectivity index (χ0v) is 12.2. The van der Waals surface area contributed by atoms with Crippen molar-refractivity contribution in [1.82, 2.24) is 5.32 Å². The number of carbonyl (C=O) groups excluding carboxylic acids is 1. The van der Waals surface area contributed by atoms with Gasteiger partial charge in [0.1, 0.15) is 0 Å². The molecule has 0 aliphatic carbocycles. The molecule has 100 valence electrons. The Morgan fingerprint density at radius 1 is 1.28 bits per heavy atom. The van der Waals surface area contributed by atoms with Gasteiger partial charge in [0.15, 0.2) is 0 Å². The molecule has 0 aliphatic heterocycles. The number of nitrogens with one attached hydrogen (secondary N) is 2. The second kappa shape index (κ2) is 6.64. The third-order valence-corrected chi connectivity index (χ3v) is 3.29. The van der Waals surface area contributed by atoms with Gasteiger partial charge < -0.3 is 10.6 Å². The molecule has 4 heteroatoms. The lowest BCUT2D eigenvalue weighted by Gasteiger charge is -2.17. The molecule has 0 unspecified atom stereocenters. The van der Waals surface area contributed by atoms with Crippen LogP contribution in [0.4, 0.5) is 10.5 Å². The molecule has 2 N–H and O–H groups in total. The molecule has 2 amide bonds. The van der Waals surface area contributed by atoms with Crippen LogP contribution in [0.15, 0.2) is 12.1 Å². The van der Waals surface area contributed by atoms with Crippen molar-refractivity contribution in [2.45, 2.75) is 46.6 Å². The maximum Gasteiger partial charge on any atom is 0.319 e. The van der Waals surface area contributed by atoms with Gasteiger partial charge in [0, 0.05) is 6.04 Å². The highest BCUT2D eigenvalue weighted by Crippen LogP contribution is 2.27. The summed E-state index contributed by atoms with van der Waals surface area (Å²) in [7, 11) is 0. The van der Waals surface area contributed by atoms with Crippen LogP contribution in [0.5, 0.6) is 0 Å². The number of anilines is 1. The fraction of sp³-hybridized carbons (Fsp3) is 0.500. The predicted molar refractivity (Wildman–Crippen MR) is 77.5 cm³/mol. The summed E-state index contributed by atoms with van der Waals surface area (Å²) in [6.07, 6.45) is 1.84. The Bertz CT molecular complexity index is 405. The SMILES string of the molecule is CCC(CC)NC(=O)Nc1c(C)cc(C)cc1Cl. The quantitative estimate of drug-likeness (QED) is 0.841. The number of benzene rings is 1. The second-order valence-corrected chi connectivity index (χ2v) is 4.96. The molecular formula is C14H21ClN2O. The van der Waals surface area contributed by atoms with Gasteiger partial charge in [-0.1, -0.05) is 31.5 Å². The van der Waals surface area contributed by atoms with Gasteiger partial charge >= 0.3 is 6.03 Å². The first-order valence-electron chi connectivity index (χ1n) is 6.32. The van der Waals surface area contributed by atoms with E-state index in [1.54, 1.807) is 0 Å². The molecule has 0 aromatic heterocycles. The number of hydrogen-bond donors (Lipinski definition) is 2. The van der Waals surface area contributed by atoms with E-state index in [0.29, 0.717) is 10.7 Å². The molecule has 1 aromatic carbocycles. The van der Waals surface area contributed by atoms with Gasteiger partial charge in [-0.2, -0.15) is 0 Å². The van der Waals surface area contributed by atoms with Crippen molar-refractivity contribution in [3.63, 3.8) is 0 Å². The average molecular weight is 269 g/mol. The molecular weight excluding hydrogens is 248 g/mol. The van der Waals surface area contributed by atoms with E-state index >= 15 is 0 Å². The Morgan fingerprint density at radius 2 is 1.89 bits per heavy atom. The molecule has 3 nitrogen and oxygen atoms in total. The van der Waals surface area contributed by atoms with E-state index in [1.807, 2.05) is 26.0 Å². The van der Waals surface area contributed by atoms with Gasteiger partial charge in [-0.25, -0.2) is 4.79 Å². The molecule has 0 fully saturated rings. The van der Waals surface area contributed by atoms with Crippen LogP contribution in [0.1, 0.15) is 37.8 Å². The first-order valence-corrected chi connectivity index (χ1v) is 6.70. The highest BCUT2D eigenvalue weighted by molar-refractivity contribution is 6.34. The van der Waals surface area contributed by atoms with E-state index in [-0.39, 0.29) is 12.1 Å². The van der Waals surface area contributed by atoms with Gasteiger partial charge in [-0.3, -0.25) is 0 Å². The summed E-state index contributed by atoms with van der Waals surface area (Å²) in [4.78, 5) is 11.8. The van der Waals surface area contributed by atoms with E-state index in [0.717, 1.165) is 24.0 Å². The summed E-state index contributed by atoms with van der Waals surface area (Å²) in [5.41, 5.74) is 2.74. The molecule has 0 saturated heterocycles. The molecule has 0 radical (unpaired) electrons. The monoisotopic (exact) mass is 268 g/mol. The van der Waals surface area contributed by atoms with Gasteiger partial charge in [0.2, 0.25) is 0 Å². The van der Waals surface area contributed by atoms with Crippen molar-refractivity contribution in [2.24, 2.45) is 0 Å². The van der Waals surface area contributed by atoms with Crippen LogP contribution in [-0.4, -0.2) is 12.1 Å². The minimum absolute atomic E-state index is 0.197. The van der Waals surface area contributed by atoms with E-state index in [1.165, 1.54) is 0 Å². The number of aryl methyl sites for hydroxylation is 2. The van der Waals surface area contributed by atoms with Crippen LogP contribution in [-0.2, 0) is 0 Å². The summed E-state index contributed by atoms with van der Waals surface area (Å²) in [6.45, 7) is 8.02. The summed E-state index contributed by atoms with van der Waals surface area (Å²) in [6, 6.07) is 3.85. The average Bonchev–Trinajstić information content (AvgIpc) is 2.30. The Balaban J connectivity index is 2.76. The van der Waals surface area contributed by atoms with Crippen molar-refractivity contribution >= 4 is 23.3 Å². The number of hydrogen-bond acceptors (Lipinski definition) is 1. The number of urea groups is 1. The Kier molecular flexibility index (Phi) is 5.48. The van der Waals surface area contributed by atoms with Crippen molar-refractivity contribution < 1.29 is 4.79 Å². The smallest absolute Gasteiger partial charge is 0.319 e. The van der Waals surface area contributed by atoms with Crippen molar-refractivity contribution in [3.8, 4) is 0 Å². The molecule has 0 atom stereocenters. The zero-order valence-electron chi connectivity index (χ0n) is 11.4. The number of rotatable bonds is 4. The number of amides is 2. The van der Waals surface area contributed by atoms with Crippen LogP contribution >= 0.6 is 11.6 Å². The van der Waals surface area contributed by atoms with Crippen molar-refractivity contribution in [2.75, 3.05) is 5.32 Å². The van der Waals surface area contributed by atoms with E-state index in [9.17, 15) is 4.79 Å². The summed E-state index contributed by atoms with van der Waals surface area (Å²) in [5, 5.41) is 6.32. The fourth-order valence-corrected chi connectivity index (χ4v) is 2.27. The maximum absolute atomic E-state index is 11.8. The summed E-state index contributed by atoms with van der Waals surface area (Å²) in [5.74, 6) is 0. The Morgan fingerprint density at radius 3 is 2.39 bits per heavy atom. The molecule has 1 aromatic rings. The second-order valence-electron chi connectivity index (χ2n) is 4.55. The van der Waals surface area contributed by atoms with Gasteiger partial charge in [0.05, 0.1) is 10.7 Å². The largest absolute Gasteiger partial charge is 0.335 e. The topological polar surface area (TPSA) is 41.1 Å². The van der Waals surface area contributed by atoms with Gasteiger partial charge in [0.25, 0.3) is 0 Å². The molecule has 18 heavy (non-hydrogen) atoms. The number of carbonyl (C=O) groups is 1. The predicted octanol–water partition coefficient (Wildman–Crippen LogP) is 4.27. The first kappa shape index (κ1) is 14.8.